The molecule has 0 spiro atoms. The molecule has 2 bridgehead atoms. The van der Waals surface area contributed by atoms with Crippen molar-refractivity contribution in [1.29, 1.82) is 0 Å². The Morgan fingerprint density at radius 1 is 0.946 bits per heavy atom. The summed E-state index contributed by atoms with van der Waals surface area (Å²) in [6.45, 7) is 15.2. The van der Waals surface area contributed by atoms with E-state index >= 15 is 0 Å². The fourth-order valence-electron chi connectivity index (χ4n) is 6.97. The van der Waals surface area contributed by atoms with Gasteiger partial charge < -0.3 is 23.7 Å². The summed E-state index contributed by atoms with van der Waals surface area (Å²) in [5.41, 5.74) is -1.43. The van der Waals surface area contributed by atoms with Gasteiger partial charge in [0.25, 0.3) is 0 Å². The minimum absolute atomic E-state index is 0.0280. The van der Waals surface area contributed by atoms with Crippen LogP contribution in [0, 0.1) is 23.7 Å². The monoisotopic (exact) mass is 522 g/mol. The van der Waals surface area contributed by atoms with Crippen molar-refractivity contribution in [2.24, 2.45) is 23.7 Å². The summed E-state index contributed by atoms with van der Waals surface area (Å²) >= 11 is 0. The van der Waals surface area contributed by atoms with E-state index in [1.807, 2.05) is 19.9 Å². The van der Waals surface area contributed by atoms with Crippen molar-refractivity contribution in [3.8, 4) is 0 Å². The van der Waals surface area contributed by atoms with Gasteiger partial charge in [-0.15, -0.1) is 0 Å². The average Bonchev–Trinajstić information content (AvgIpc) is 3.13. The van der Waals surface area contributed by atoms with Gasteiger partial charge in [-0.3, -0.25) is 19.2 Å². The molecule has 0 radical (unpaired) electrons. The van der Waals surface area contributed by atoms with Gasteiger partial charge in [-0.25, -0.2) is 0 Å². The van der Waals surface area contributed by atoms with Crippen molar-refractivity contribution in [3.63, 3.8) is 0 Å². The minimum Gasteiger partial charge on any atom is -0.458 e. The van der Waals surface area contributed by atoms with Crippen molar-refractivity contribution >= 4 is 23.9 Å². The molecular weight excluding hydrogens is 480 g/mol. The van der Waals surface area contributed by atoms with E-state index in [1.54, 1.807) is 6.92 Å². The maximum Gasteiger partial charge on any atom is 0.303 e. The van der Waals surface area contributed by atoms with Gasteiger partial charge in [-0.05, 0) is 57.4 Å². The Kier molecular flexibility index (Phi) is 8.47. The summed E-state index contributed by atoms with van der Waals surface area (Å²) in [6, 6.07) is 0. The van der Waals surface area contributed by atoms with Crippen LogP contribution in [0.15, 0.2) is 11.6 Å². The zero-order chi connectivity index (χ0) is 27.9. The summed E-state index contributed by atoms with van der Waals surface area (Å²) < 4.78 is 30.2. The number of hydrogen-bond acceptors (Lipinski definition) is 9. The Balaban J connectivity index is 2.25. The Morgan fingerprint density at radius 3 is 2.05 bits per heavy atom. The van der Waals surface area contributed by atoms with E-state index in [-0.39, 0.29) is 17.8 Å². The third-order valence-corrected chi connectivity index (χ3v) is 8.36. The molecule has 208 valence electrons. The zero-order valence-electron chi connectivity index (χ0n) is 23.5. The average molecular weight is 523 g/mol. The van der Waals surface area contributed by atoms with Gasteiger partial charge in [0.05, 0.1) is 6.10 Å². The van der Waals surface area contributed by atoms with Gasteiger partial charge in [0, 0.05) is 39.5 Å². The topological polar surface area (TPSA) is 114 Å². The quantitative estimate of drug-likeness (QED) is 0.301. The van der Waals surface area contributed by atoms with Crippen molar-refractivity contribution in [2.45, 2.75) is 117 Å². The lowest BCUT2D eigenvalue weighted by atomic mass is 9.56. The standard InChI is InChI=1S/C28H42O9/c1-14(2)20-13-23(34-17(5)30)28(9,37-19(7)32)25-22-12-15(3)21(33-16(4)29)10-11-27(8,36-18(6)31)26(35-22)24(20)25/h12,14,20-26H,10-11,13H2,1-9H3/b15-12-/t20-,21+,22-,23+,24-,25-,26-,27-,28-/m0/s1. The second-order valence-electron chi connectivity index (χ2n) is 11.6. The fraction of sp³-hybridized carbons (Fsp3) is 0.786. The van der Waals surface area contributed by atoms with Crippen LogP contribution in [0.2, 0.25) is 0 Å². The molecule has 0 aromatic heterocycles. The maximum atomic E-state index is 12.4. The fourth-order valence-corrected chi connectivity index (χ4v) is 6.97. The zero-order valence-corrected chi connectivity index (χ0v) is 23.5. The van der Waals surface area contributed by atoms with Gasteiger partial charge in [0.2, 0.25) is 0 Å². The third-order valence-electron chi connectivity index (χ3n) is 8.36. The largest absolute Gasteiger partial charge is 0.458 e. The summed E-state index contributed by atoms with van der Waals surface area (Å²) in [5.74, 6) is -2.15. The van der Waals surface area contributed by atoms with Crippen LogP contribution in [0.25, 0.3) is 0 Å². The summed E-state index contributed by atoms with van der Waals surface area (Å²) in [5, 5.41) is 0. The van der Waals surface area contributed by atoms with Crippen molar-refractivity contribution < 1.29 is 42.9 Å². The van der Waals surface area contributed by atoms with Crippen LogP contribution in [0.3, 0.4) is 0 Å². The third kappa shape index (κ3) is 5.86. The highest BCUT2D eigenvalue weighted by atomic mass is 16.6. The molecular formula is C28H42O9. The predicted octanol–water partition coefficient (Wildman–Crippen LogP) is 3.91. The van der Waals surface area contributed by atoms with E-state index < -0.39 is 65.4 Å². The van der Waals surface area contributed by atoms with Gasteiger partial charge in [0.1, 0.15) is 23.9 Å². The van der Waals surface area contributed by atoms with E-state index in [1.165, 1.54) is 27.7 Å². The number of carbonyl (C=O) groups excluding carboxylic acids is 4. The van der Waals surface area contributed by atoms with E-state index in [0.717, 1.165) is 5.57 Å². The summed E-state index contributed by atoms with van der Waals surface area (Å²) in [7, 11) is 0. The first-order valence-electron chi connectivity index (χ1n) is 13.2. The van der Waals surface area contributed by atoms with E-state index in [9.17, 15) is 19.2 Å². The molecule has 9 nitrogen and oxygen atoms in total. The number of carbonyl (C=O) groups is 4. The van der Waals surface area contributed by atoms with Gasteiger partial charge in [0.15, 0.2) is 5.60 Å². The molecule has 0 aromatic rings. The van der Waals surface area contributed by atoms with Gasteiger partial charge in [-0.1, -0.05) is 19.9 Å². The molecule has 9 atom stereocenters. The Labute approximate surface area is 219 Å². The lowest BCUT2D eigenvalue weighted by Crippen LogP contribution is -2.63. The summed E-state index contributed by atoms with van der Waals surface area (Å²) in [4.78, 5) is 48.8. The normalized spacial score (nSPS) is 40.7. The van der Waals surface area contributed by atoms with Gasteiger partial charge in [-0.2, -0.15) is 0 Å². The molecule has 0 unspecified atom stereocenters. The first-order valence-corrected chi connectivity index (χ1v) is 13.2. The van der Waals surface area contributed by atoms with Crippen LogP contribution in [0.1, 0.15) is 81.6 Å². The second kappa shape index (κ2) is 10.8. The SMILES string of the molecule is CC(=O)O[C@@H]1CC[C@](C)(OC(C)=O)[C@H]2O[C@@H](/C=C\1C)[C@H]1[C@@H]2[C@H](C(C)C)C[C@@H](OC(C)=O)[C@]1(C)OC(C)=O. The molecule has 2 heterocycles. The highest BCUT2D eigenvalue weighted by Crippen LogP contribution is 2.58. The van der Waals surface area contributed by atoms with Crippen LogP contribution in [-0.4, -0.2) is 59.5 Å². The lowest BCUT2D eigenvalue weighted by Gasteiger charge is -2.53. The highest BCUT2D eigenvalue weighted by Gasteiger charge is 2.67. The summed E-state index contributed by atoms with van der Waals surface area (Å²) in [6.07, 6.45) is 0.967. The molecule has 3 rings (SSSR count). The number of rotatable bonds is 5. The lowest BCUT2D eigenvalue weighted by molar-refractivity contribution is -0.215. The van der Waals surface area contributed by atoms with Crippen molar-refractivity contribution in [1.82, 2.24) is 0 Å². The Bertz CT molecular complexity index is 955. The van der Waals surface area contributed by atoms with E-state index in [0.29, 0.717) is 19.3 Å². The van der Waals surface area contributed by atoms with Crippen LogP contribution < -0.4 is 0 Å². The van der Waals surface area contributed by atoms with Crippen LogP contribution in [0.5, 0.6) is 0 Å². The van der Waals surface area contributed by atoms with Crippen LogP contribution in [0.4, 0.5) is 0 Å². The molecule has 3 aliphatic rings. The molecule has 0 N–H and O–H groups in total. The number of fused-ring (bicyclic) bond motifs is 5. The minimum atomic E-state index is -1.20. The van der Waals surface area contributed by atoms with Crippen LogP contribution in [-0.2, 0) is 42.9 Å². The Hall–Kier alpha value is -2.42. The molecule has 2 fully saturated rings. The molecule has 1 aliphatic carbocycles. The van der Waals surface area contributed by atoms with Crippen LogP contribution >= 0.6 is 0 Å². The number of hydrogen-bond donors (Lipinski definition) is 0. The first-order chi connectivity index (χ1) is 17.1. The molecule has 37 heavy (non-hydrogen) atoms. The second-order valence-corrected chi connectivity index (χ2v) is 11.6. The molecule has 2 aliphatic heterocycles. The molecule has 1 saturated heterocycles. The predicted molar refractivity (Wildman–Crippen MR) is 133 cm³/mol. The molecule has 0 amide bonds. The number of ether oxygens (including phenoxy) is 5. The number of esters is 4. The maximum absolute atomic E-state index is 12.4. The van der Waals surface area contributed by atoms with E-state index in [2.05, 4.69) is 13.8 Å². The van der Waals surface area contributed by atoms with Crippen molar-refractivity contribution in [2.75, 3.05) is 0 Å². The van der Waals surface area contributed by atoms with Gasteiger partial charge >= 0.3 is 23.9 Å². The van der Waals surface area contributed by atoms with E-state index in [4.69, 9.17) is 23.7 Å². The molecule has 9 heteroatoms. The Morgan fingerprint density at radius 2 is 1.54 bits per heavy atom. The molecule has 1 saturated carbocycles. The van der Waals surface area contributed by atoms with Crippen molar-refractivity contribution in [3.05, 3.63) is 11.6 Å². The smallest absolute Gasteiger partial charge is 0.303 e. The first kappa shape index (κ1) is 29.1. The molecule has 0 aromatic carbocycles. The highest BCUT2D eigenvalue weighted by molar-refractivity contribution is 5.68.